The molecule has 0 spiro atoms. The fourth-order valence-corrected chi connectivity index (χ4v) is 2.81. The third-order valence-electron chi connectivity index (χ3n) is 3.63. The van der Waals surface area contributed by atoms with E-state index in [1.54, 1.807) is 24.3 Å². The average molecular weight is 295 g/mol. The first-order valence-electron chi connectivity index (χ1n) is 6.60. The quantitative estimate of drug-likeness (QED) is 0.836. The Labute approximate surface area is 128 Å². The van der Waals surface area contributed by atoms with E-state index in [-0.39, 0.29) is 6.10 Å². The molecule has 0 heterocycles. The second-order valence-electron chi connectivity index (χ2n) is 4.93. The van der Waals surface area contributed by atoms with Gasteiger partial charge in [-0.2, -0.15) is 10.5 Å². The molecule has 4 heteroatoms. The standard InChI is InChI=1S/C17H11ClN2O/c18-15-8-12(10-20)2-5-17(15)21-16-6-3-13-7-11(9-19)1-4-14(13)16/h1-2,4-5,7-8,16H,3,6H2/t16-/m0/s1. The molecule has 0 N–H and O–H groups in total. The highest BCUT2D eigenvalue weighted by molar-refractivity contribution is 6.32. The Morgan fingerprint density at radius 1 is 1.05 bits per heavy atom. The Hall–Kier alpha value is -2.49. The van der Waals surface area contributed by atoms with Crippen molar-refractivity contribution >= 4 is 11.6 Å². The van der Waals surface area contributed by atoms with Gasteiger partial charge in [0.05, 0.1) is 28.3 Å². The Kier molecular flexibility index (Phi) is 3.52. The molecule has 1 aliphatic carbocycles. The number of nitriles is 2. The van der Waals surface area contributed by atoms with Crippen LogP contribution in [0, 0.1) is 22.7 Å². The number of rotatable bonds is 2. The van der Waals surface area contributed by atoms with Crippen LogP contribution in [0.5, 0.6) is 5.75 Å². The minimum Gasteiger partial charge on any atom is -0.484 e. The Morgan fingerprint density at radius 2 is 1.76 bits per heavy atom. The molecule has 2 aromatic carbocycles. The van der Waals surface area contributed by atoms with Gasteiger partial charge in [-0.3, -0.25) is 0 Å². The van der Waals surface area contributed by atoms with E-state index in [4.69, 9.17) is 26.9 Å². The van der Waals surface area contributed by atoms with Gasteiger partial charge in [0.15, 0.2) is 0 Å². The van der Waals surface area contributed by atoms with E-state index in [2.05, 4.69) is 6.07 Å². The fraction of sp³-hybridized carbons (Fsp3) is 0.176. The largest absolute Gasteiger partial charge is 0.484 e. The van der Waals surface area contributed by atoms with Crippen LogP contribution in [0.1, 0.15) is 34.8 Å². The van der Waals surface area contributed by atoms with Gasteiger partial charge >= 0.3 is 0 Å². The summed E-state index contributed by atoms with van der Waals surface area (Å²) in [6.07, 6.45) is 1.70. The highest BCUT2D eigenvalue weighted by Crippen LogP contribution is 2.37. The van der Waals surface area contributed by atoms with Gasteiger partial charge in [0.25, 0.3) is 0 Å². The second kappa shape index (κ2) is 5.48. The minimum absolute atomic E-state index is 0.0572. The van der Waals surface area contributed by atoms with Gasteiger partial charge in [-0.15, -0.1) is 0 Å². The lowest BCUT2D eigenvalue weighted by Gasteiger charge is -2.16. The zero-order chi connectivity index (χ0) is 14.8. The fourth-order valence-electron chi connectivity index (χ4n) is 2.59. The molecule has 0 bridgehead atoms. The van der Waals surface area contributed by atoms with Gasteiger partial charge in [0.1, 0.15) is 11.9 Å². The summed E-state index contributed by atoms with van der Waals surface area (Å²) in [5.74, 6) is 0.581. The van der Waals surface area contributed by atoms with E-state index in [0.29, 0.717) is 21.9 Å². The van der Waals surface area contributed by atoms with Gasteiger partial charge in [-0.05, 0) is 54.3 Å². The van der Waals surface area contributed by atoms with Crippen molar-refractivity contribution < 1.29 is 4.74 Å². The molecular formula is C17H11ClN2O. The monoisotopic (exact) mass is 294 g/mol. The van der Waals surface area contributed by atoms with Crippen LogP contribution in [0.3, 0.4) is 0 Å². The Bertz CT molecular complexity index is 786. The molecule has 21 heavy (non-hydrogen) atoms. The van der Waals surface area contributed by atoms with Gasteiger partial charge in [-0.25, -0.2) is 0 Å². The van der Waals surface area contributed by atoms with E-state index in [9.17, 15) is 0 Å². The van der Waals surface area contributed by atoms with Crippen molar-refractivity contribution in [1.82, 2.24) is 0 Å². The van der Waals surface area contributed by atoms with Crippen LogP contribution in [0.25, 0.3) is 0 Å². The minimum atomic E-state index is -0.0572. The summed E-state index contributed by atoms with van der Waals surface area (Å²) >= 11 is 6.14. The zero-order valence-corrected chi connectivity index (χ0v) is 11.9. The van der Waals surface area contributed by atoms with Gasteiger partial charge in [0.2, 0.25) is 0 Å². The van der Waals surface area contributed by atoms with Gasteiger partial charge in [-0.1, -0.05) is 17.7 Å². The lowest BCUT2D eigenvalue weighted by molar-refractivity contribution is 0.208. The van der Waals surface area contributed by atoms with Crippen LogP contribution in [0.4, 0.5) is 0 Å². The number of hydrogen-bond acceptors (Lipinski definition) is 3. The van der Waals surface area contributed by atoms with E-state index in [1.165, 1.54) is 0 Å². The maximum atomic E-state index is 8.93. The molecule has 0 unspecified atom stereocenters. The summed E-state index contributed by atoms with van der Waals surface area (Å²) in [4.78, 5) is 0. The van der Waals surface area contributed by atoms with Gasteiger partial charge < -0.3 is 4.74 Å². The molecule has 102 valence electrons. The van der Waals surface area contributed by atoms with Crippen molar-refractivity contribution in [2.45, 2.75) is 18.9 Å². The first-order valence-corrected chi connectivity index (χ1v) is 6.98. The number of ether oxygens (including phenoxy) is 1. The van der Waals surface area contributed by atoms with Crippen LogP contribution >= 0.6 is 11.6 Å². The summed E-state index contributed by atoms with van der Waals surface area (Å²) in [6, 6.07) is 14.9. The average Bonchev–Trinajstić information content (AvgIpc) is 2.91. The molecule has 0 amide bonds. The highest BCUT2D eigenvalue weighted by atomic mass is 35.5. The molecule has 0 saturated heterocycles. The second-order valence-corrected chi connectivity index (χ2v) is 5.33. The summed E-state index contributed by atoms with van der Waals surface area (Å²) in [5, 5.41) is 18.2. The molecule has 0 saturated carbocycles. The molecule has 1 atom stereocenters. The number of hydrogen-bond donors (Lipinski definition) is 0. The Morgan fingerprint density at radius 3 is 2.48 bits per heavy atom. The summed E-state index contributed by atoms with van der Waals surface area (Å²) in [7, 11) is 0. The van der Waals surface area contributed by atoms with Gasteiger partial charge in [0, 0.05) is 0 Å². The van der Waals surface area contributed by atoms with Crippen LogP contribution in [-0.2, 0) is 6.42 Å². The van der Waals surface area contributed by atoms with Crippen molar-refractivity contribution in [3.8, 4) is 17.9 Å². The maximum Gasteiger partial charge on any atom is 0.138 e. The number of halogens is 1. The topological polar surface area (TPSA) is 56.8 Å². The molecule has 0 fully saturated rings. The number of benzene rings is 2. The third kappa shape index (κ3) is 2.57. The van der Waals surface area contributed by atoms with E-state index in [0.717, 1.165) is 24.0 Å². The Balaban J connectivity index is 1.86. The predicted molar refractivity (Wildman–Crippen MR) is 79.0 cm³/mol. The molecule has 0 radical (unpaired) electrons. The van der Waals surface area contributed by atoms with E-state index >= 15 is 0 Å². The van der Waals surface area contributed by atoms with E-state index < -0.39 is 0 Å². The maximum absolute atomic E-state index is 8.93. The van der Waals surface area contributed by atoms with Crippen molar-refractivity contribution in [3.63, 3.8) is 0 Å². The van der Waals surface area contributed by atoms with Crippen LogP contribution in [0.2, 0.25) is 5.02 Å². The summed E-state index contributed by atoms with van der Waals surface area (Å²) < 4.78 is 5.98. The number of aryl methyl sites for hydroxylation is 1. The smallest absolute Gasteiger partial charge is 0.138 e. The number of fused-ring (bicyclic) bond motifs is 1. The van der Waals surface area contributed by atoms with E-state index in [1.807, 2.05) is 18.2 Å². The zero-order valence-electron chi connectivity index (χ0n) is 11.1. The lowest BCUT2D eigenvalue weighted by atomic mass is 10.1. The first kappa shape index (κ1) is 13.5. The normalized spacial score (nSPS) is 15.9. The molecule has 0 aliphatic heterocycles. The molecule has 1 aliphatic rings. The van der Waals surface area contributed by atoms with Crippen molar-refractivity contribution in [2.75, 3.05) is 0 Å². The predicted octanol–water partition coefficient (Wildman–Crippen LogP) is 4.15. The first-order chi connectivity index (χ1) is 10.2. The molecule has 2 aromatic rings. The van der Waals surface area contributed by atoms with Crippen molar-refractivity contribution in [1.29, 1.82) is 10.5 Å². The van der Waals surface area contributed by atoms with Crippen LogP contribution in [-0.4, -0.2) is 0 Å². The third-order valence-corrected chi connectivity index (χ3v) is 3.92. The number of nitrogens with zero attached hydrogens (tertiary/aromatic N) is 2. The van der Waals surface area contributed by atoms with Crippen LogP contribution < -0.4 is 4.74 Å². The van der Waals surface area contributed by atoms with Crippen molar-refractivity contribution in [2.24, 2.45) is 0 Å². The molecule has 0 aromatic heterocycles. The van der Waals surface area contributed by atoms with Crippen molar-refractivity contribution in [3.05, 3.63) is 63.7 Å². The lowest BCUT2D eigenvalue weighted by Crippen LogP contribution is -2.04. The summed E-state index contributed by atoms with van der Waals surface area (Å²) in [6.45, 7) is 0. The SMILES string of the molecule is N#Cc1ccc(O[C@H]2CCc3cc(C#N)ccc32)c(Cl)c1. The molecular weight excluding hydrogens is 284 g/mol. The summed E-state index contributed by atoms with van der Waals surface area (Å²) in [5.41, 5.74) is 3.45. The highest BCUT2D eigenvalue weighted by Gasteiger charge is 2.25. The molecule has 3 nitrogen and oxygen atoms in total. The van der Waals surface area contributed by atoms with Crippen LogP contribution in [0.15, 0.2) is 36.4 Å². The molecule has 3 rings (SSSR count).